The van der Waals surface area contributed by atoms with Gasteiger partial charge in [-0.15, -0.1) is 0 Å². The fraction of sp³-hybridized carbons (Fsp3) is 0.400. The Labute approximate surface area is 124 Å². The average Bonchev–Trinajstić information content (AvgIpc) is 2.83. The van der Waals surface area contributed by atoms with Gasteiger partial charge in [0.2, 0.25) is 0 Å². The molecule has 1 aromatic carbocycles. The Balaban J connectivity index is 1.85. The minimum Gasteiger partial charge on any atom is -0.445 e. The Kier molecular flexibility index (Phi) is 4.68. The molecule has 0 aliphatic heterocycles. The Morgan fingerprint density at radius 1 is 1.25 bits per heavy atom. The zero-order valence-electron chi connectivity index (χ0n) is 11.9. The fourth-order valence-electron chi connectivity index (χ4n) is 1.52. The first-order chi connectivity index (χ1) is 9.42. The van der Waals surface area contributed by atoms with Crippen molar-refractivity contribution < 1.29 is 9.15 Å². The van der Waals surface area contributed by atoms with E-state index in [9.17, 15) is 0 Å². The molecule has 4 nitrogen and oxygen atoms in total. The molecule has 2 rings (SSSR count). The van der Waals surface area contributed by atoms with Crippen LogP contribution in [0.3, 0.4) is 0 Å². The molecule has 2 aromatic rings. The van der Waals surface area contributed by atoms with E-state index in [2.05, 4.69) is 31.1 Å². The molecule has 108 valence electrons. The SMILES string of the molecule is CC(C)(C)NCc1coc(OCc2ccc(Cl)cc2)n1. The zero-order chi connectivity index (χ0) is 14.6. The Morgan fingerprint density at radius 3 is 2.60 bits per heavy atom. The van der Waals surface area contributed by atoms with Crippen molar-refractivity contribution in [1.82, 2.24) is 10.3 Å². The van der Waals surface area contributed by atoms with Gasteiger partial charge in [0.25, 0.3) is 0 Å². The lowest BCUT2D eigenvalue weighted by molar-refractivity contribution is 0.220. The van der Waals surface area contributed by atoms with E-state index >= 15 is 0 Å². The van der Waals surface area contributed by atoms with Crippen LogP contribution >= 0.6 is 11.6 Å². The first kappa shape index (κ1) is 14.9. The van der Waals surface area contributed by atoms with Crippen molar-refractivity contribution in [2.45, 2.75) is 39.5 Å². The van der Waals surface area contributed by atoms with E-state index in [1.165, 1.54) is 0 Å². The molecule has 0 aliphatic carbocycles. The number of halogens is 1. The molecule has 20 heavy (non-hydrogen) atoms. The summed E-state index contributed by atoms with van der Waals surface area (Å²) < 4.78 is 10.8. The zero-order valence-corrected chi connectivity index (χ0v) is 12.7. The molecule has 0 spiro atoms. The van der Waals surface area contributed by atoms with Gasteiger partial charge in [-0.05, 0) is 38.5 Å². The summed E-state index contributed by atoms with van der Waals surface area (Å²) in [5.74, 6) is 0. The largest absolute Gasteiger partial charge is 0.445 e. The van der Waals surface area contributed by atoms with Crippen molar-refractivity contribution in [2.75, 3.05) is 0 Å². The van der Waals surface area contributed by atoms with Gasteiger partial charge in [-0.2, -0.15) is 4.98 Å². The van der Waals surface area contributed by atoms with Crippen LogP contribution in [0.4, 0.5) is 0 Å². The standard InChI is InChI=1S/C15H19ClN2O2/c1-15(2,3)17-8-13-10-20-14(18-13)19-9-11-4-6-12(16)7-5-11/h4-7,10,17H,8-9H2,1-3H3. The summed E-state index contributed by atoms with van der Waals surface area (Å²) >= 11 is 5.83. The quantitative estimate of drug-likeness (QED) is 0.911. The lowest BCUT2D eigenvalue weighted by Crippen LogP contribution is -2.35. The maximum absolute atomic E-state index is 5.83. The molecule has 1 aromatic heterocycles. The van der Waals surface area contributed by atoms with Gasteiger partial charge in [0.05, 0.1) is 5.69 Å². The van der Waals surface area contributed by atoms with Gasteiger partial charge in [0.15, 0.2) is 0 Å². The lowest BCUT2D eigenvalue weighted by Gasteiger charge is -2.19. The van der Waals surface area contributed by atoms with E-state index in [1.54, 1.807) is 6.26 Å². The van der Waals surface area contributed by atoms with Crippen molar-refractivity contribution in [1.29, 1.82) is 0 Å². The van der Waals surface area contributed by atoms with Crippen molar-refractivity contribution in [3.63, 3.8) is 0 Å². The van der Waals surface area contributed by atoms with Crippen molar-refractivity contribution in [3.05, 3.63) is 46.8 Å². The highest BCUT2D eigenvalue weighted by Gasteiger charge is 2.11. The monoisotopic (exact) mass is 294 g/mol. The molecule has 0 aliphatic rings. The number of rotatable bonds is 5. The second kappa shape index (κ2) is 6.29. The predicted molar refractivity (Wildman–Crippen MR) is 78.9 cm³/mol. The van der Waals surface area contributed by atoms with E-state index in [0.717, 1.165) is 11.3 Å². The highest BCUT2D eigenvalue weighted by molar-refractivity contribution is 6.30. The van der Waals surface area contributed by atoms with E-state index in [-0.39, 0.29) is 11.6 Å². The Bertz CT molecular complexity index is 544. The predicted octanol–water partition coefficient (Wildman–Crippen LogP) is 3.80. The van der Waals surface area contributed by atoms with Crippen LogP contribution in [0.1, 0.15) is 32.0 Å². The second-order valence-corrected chi connectivity index (χ2v) is 6.06. The third-order valence-electron chi connectivity index (χ3n) is 2.61. The van der Waals surface area contributed by atoms with Crippen LogP contribution in [0.2, 0.25) is 5.02 Å². The summed E-state index contributed by atoms with van der Waals surface area (Å²) in [4.78, 5) is 4.27. The molecule has 1 N–H and O–H groups in total. The number of benzene rings is 1. The van der Waals surface area contributed by atoms with E-state index in [4.69, 9.17) is 20.8 Å². The third kappa shape index (κ3) is 4.87. The number of nitrogens with zero attached hydrogens (tertiary/aromatic N) is 1. The van der Waals surface area contributed by atoms with Crippen LogP contribution in [0.5, 0.6) is 6.08 Å². The number of nitrogens with one attached hydrogen (secondary N) is 1. The summed E-state index contributed by atoms with van der Waals surface area (Å²) in [7, 11) is 0. The topological polar surface area (TPSA) is 47.3 Å². The number of hydrogen-bond acceptors (Lipinski definition) is 4. The normalized spacial score (nSPS) is 11.6. The maximum Gasteiger partial charge on any atom is 0.394 e. The molecule has 0 radical (unpaired) electrons. The van der Waals surface area contributed by atoms with Crippen LogP contribution in [0.25, 0.3) is 0 Å². The van der Waals surface area contributed by atoms with Crippen LogP contribution in [0.15, 0.2) is 34.9 Å². The lowest BCUT2D eigenvalue weighted by atomic mass is 10.1. The Morgan fingerprint density at radius 2 is 1.95 bits per heavy atom. The molecule has 0 atom stereocenters. The minimum absolute atomic E-state index is 0.0449. The van der Waals surface area contributed by atoms with Crippen molar-refractivity contribution in [3.8, 4) is 6.08 Å². The van der Waals surface area contributed by atoms with Gasteiger partial charge >= 0.3 is 6.08 Å². The third-order valence-corrected chi connectivity index (χ3v) is 2.86. The molecule has 0 saturated carbocycles. The number of aromatic nitrogens is 1. The van der Waals surface area contributed by atoms with Crippen LogP contribution in [-0.4, -0.2) is 10.5 Å². The highest BCUT2D eigenvalue weighted by atomic mass is 35.5. The summed E-state index contributed by atoms with van der Waals surface area (Å²) in [5.41, 5.74) is 1.89. The first-order valence-electron chi connectivity index (χ1n) is 6.49. The molecule has 1 heterocycles. The fourth-order valence-corrected chi connectivity index (χ4v) is 1.64. The summed E-state index contributed by atoms with van der Waals surface area (Å²) in [6, 6.07) is 7.48. The van der Waals surface area contributed by atoms with Gasteiger partial charge < -0.3 is 14.5 Å². The highest BCUT2D eigenvalue weighted by Crippen LogP contribution is 2.15. The summed E-state index contributed by atoms with van der Waals surface area (Å²) in [5, 5.41) is 4.05. The first-order valence-corrected chi connectivity index (χ1v) is 6.87. The van der Waals surface area contributed by atoms with Crippen LogP contribution in [0, 0.1) is 0 Å². The molecule has 0 fully saturated rings. The molecule has 0 amide bonds. The van der Waals surface area contributed by atoms with E-state index < -0.39 is 0 Å². The molecule has 5 heteroatoms. The molecular weight excluding hydrogens is 276 g/mol. The van der Waals surface area contributed by atoms with Gasteiger partial charge in [-0.25, -0.2) is 0 Å². The molecular formula is C15H19ClN2O2. The summed E-state index contributed by atoms with van der Waals surface area (Å²) in [6.07, 6.45) is 1.89. The van der Waals surface area contributed by atoms with E-state index in [0.29, 0.717) is 18.2 Å². The average molecular weight is 295 g/mol. The van der Waals surface area contributed by atoms with Crippen molar-refractivity contribution in [2.24, 2.45) is 0 Å². The Hall–Kier alpha value is -1.52. The number of hydrogen-bond donors (Lipinski definition) is 1. The van der Waals surface area contributed by atoms with Gasteiger partial charge in [0, 0.05) is 17.1 Å². The second-order valence-electron chi connectivity index (χ2n) is 5.62. The maximum atomic E-state index is 5.83. The van der Waals surface area contributed by atoms with Gasteiger partial charge in [-0.3, -0.25) is 0 Å². The van der Waals surface area contributed by atoms with E-state index in [1.807, 2.05) is 24.3 Å². The number of oxazole rings is 1. The van der Waals surface area contributed by atoms with Crippen LogP contribution < -0.4 is 10.1 Å². The molecule has 0 unspecified atom stereocenters. The number of ether oxygens (including phenoxy) is 1. The summed E-state index contributed by atoms with van der Waals surface area (Å²) in [6.45, 7) is 7.36. The molecule has 0 saturated heterocycles. The van der Waals surface area contributed by atoms with Crippen LogP contribution in [-0.2, 0) is 13.2 Å². The van der Waals surface area contributed by atoms with Crippen molar-refractivity contribution >= 4 is 11.6 Å². The van der Waals surface area contributed by atoms with Gasteiger partial charge in [0.1, 0.15) is 12.9 Å². The smallest absolute Gasteiger partial charge is 0.394 e. The minimum atomic E-state index is 0.0449. The molecule has 0 bridgehead atoms. The van der Waals surface area contributed by atoms with Gasteiger partial charge in [-0.1, -0.05) is 23.7 Å².